The summed E-state index contributed by atoms with van der Waals surface area (Å²) < 4.78 is 5.50. The van der Waals surface area contributed by atoms with Crippen molar-refractivity contribution in [3.8, 4) is 5.75 Å². The van der Waals surface area contributed by atoms with Crippen LogP contribution < -0.4 is 10.5 Å². The number of ether oxygens (including phenoxy) is 1. The lowest BCUT2D eigenvalue weighted by Gasteiger charge is -2.31. The number of primary amides is 1. The van der Waals surface area contributed by atoms with Gasteiger partial charge in [-0.05, 0) is 25.0 Å². The molecule has 1 saturated heterocycles. The van der Waals surface area contributed by atoms with Crippen LogP contribution >= 0.6 is 23.2 Å². The van der Waals surface area contributed by atoms with Gasteiger partial charge in [-0.15, -0.1) is 0 Å². The molecular formula is C15H18Cl2N2O3. The molecule has 1 aromatic rings. The molecule has 1 atom stereocenters. The number of rotatable bonds is 5. The van der Waals surface area contributed by atoms with Crippen molar-refractivity contribution in [3.63, 3.8) is 0 Å². The van der Waals surface area contributed by atoms with Crippen LogP contribution in [-0.4, -0.2) is 36.4 Å². The molecule has 0 saturated carbocycles. The van der Waals surface area contributed by atoms with Gasteiger partial charge < -0.3 is 15.4 Å². The van der Waals surface area contributed by atoms with E-state index in [4.69, 9.17) is 33.7 Å². The van der Waals surface area contributed by atoms with Gasteiger partial charge in [0.2, 0.25) is 11.8 Å². The Kier molecular flexibility index (Phi) is 5.91. The molecule has 2 amide bonds. The molecular weight excluding hydrogens is 327 g/mol. The van der Waals surface area contributed by atoms with Gasteiger partial charge >= 0.3 is 0 Å². The Bertz CT molecular complexity index is 566. The quantitative estimate of drug-likeness (QED) is 0.891. The molecule has 1 fully saturated rings. The van der Waals surface area contributed by atoms with Gasteiger partial charge in [0, 0.05) is 13.1 Å². The van der Waals surface area contributed by atoms with Gasteiger partial charge in [0.1, 0.15) is 10.8 Å². The third-order valence-electron chi connectivity index (χ3n) is 3.67. The van der Waals surface area contributed by atoms with Crippen molar-refractivity contribution in [1.82, 2.24) is 4.90 Å². The molecule has 5 nitrogen and oxygen atoms in total. The second kappa shape index (κ2) is 7.70. The van der Waals surface area contributed by atoms with Crippen LogP contribution in [0.5, 0.6) is 5.75 Å². The van der Waals surface area contributed by atoms with Gasteiger partial charge in [-0.25, -0.2) is 0 Å². The van der Waals surface area contributed by atoms with Gasteiger partial charge in [-0.3, -0.25) is 9.59 Å². The summed E-state index contributed by atoms with van der Waals surface area (Å²) in [7, 11) is 0. The highest BCUT2D eigenvalue weighted by Crippen LogP contribution is 2.31. The molecule has 0 bridgehead atoms. The number of amides is 2. The molecule has 1 aliphatic heterocycles. The third kappa shape index (κ3) is 4.27. The molecule has 0 radical (unpaired) electrons. The Balaban J connectivity index is 1.82. The van der Waals surface area contributed by atoms with Gasteiger partial charge in [0.15, 0.2) is 0 Å². The number of benzene rings is 1. The first-order valence-corrected chi connectivity index (χ1v) is 7.88. The summed E-state index contributed by atoms with van der Waals surface area (Å²) in [4.78, 5) is 25.0. The van der Waals surface area contributed by atoms with Crippen molar-refractivity contribution in [1.29, 1.82) is 0 Å². The fourth-order valence-electron chi connectivity index (χ4n) is 2.44. The fraction of sp³-hybridized carbons (Fsp3) is 0.467. The number of carbonyl (C=O) groups is 2. The minimum Gasteiger partial charge on any atom is -0.491 e. The summed E-state index contributed by atoms with van der Waals surface area (Å²) in [6, 6.07) is 5.09. The molecule has 0 unspecified atom stereocenters. The second-order valence-corrected chi connectivity index (χ2v) is 6.02. The number of hydrogen-bond acceptors (Lipinski definition) is 3. The van der Waals surface area contributed by atoms with Crippen LogP contribution in [0.25, 0.3) is 0 Å². The monoisotopic (exact) mass is 344 g/mol. The molecule has 2 rings (SSSR count). The van der Waals surface area contributed by atoms with Crippen LogP contribution in [0.15, 0.2) is 18.2 Å². The summed E-state index contributed by atoms with van der Waals surface area (Å²) in [5.41, 5.74) is 5.31. The Hall–Kier alpha value is -1.46. The van der Waals surface area contributed by atoms with Crippen molar-refractivity contribution in [2.75, 3.05) is 19.7 Å². The van der Waals surface area contributed by atoms with E-state index in [1.807, 2.05) is 0 Å². The van der Waals surface area contributed by atoms with Crippen molar-refractivity contribution >= 4 is 35.0 Å². The topological polar surface area (TPSA) is 72.6 Å². The van der Waals surface area contributed by atoms with E-state index < -0.39 is 0 Å². The Labute approximate surface area is 139 Å². The molecule has 7 heteroatoms. The zero-order chi connectivity index (χ0) is 16.1. The normalized spacial score (nSPS) is 18.1. The van der Waals surface area contributed by atoms with Crippen LogP contribution in [0.2, 0.25) is 10.0 Å². The number of carbonyl (C=O) groups excluding carboxylic acids is 2. The first-order valence-electron chi connectivity index (χ1n) is 7.13. The minimum atomic E-state index is -0.348. The predicted molar refractivity (Wildman–Crippen MR) is 85.1 cm³/mol. The standard InChI is InChI=1S/C15H18Cl2N2O3/c16-11-4-1-5-12(14(11)17)22-8-6-13(20)19-7-2-3-10(9-19)15(18)21/h1,4-5,10H,2-3,6-9H2,(H2,18,21)/t10-/m1/s1. The number of hydrogen-bond donors (Lipinski definition) is 1. The van der Waals surface area contributed by atoms with E-state index in [2.05, 4.69) is 0 Å². The van der Waals surface area contributed by atoms with Crippen molar-refractivity contribution < 1.29 is 14.3 Å². The SMILES string of the molecule is NC(=O)[C@@H]1CCCN(C(=O)CCOc2cccc(Cl)c2Cl)C1. The van der Waals surface area contributed by atoms with E-state index in [0.29, 0.717) is 28.9 Å². The van der Waals surface area contributed by atoms with Crippen LogP contribution in [0.4, 0.5) is 0 Å². The van der Waals surface area contributed by atoms with Gasteiger partial charge in [0.25, 0.3) is 0 Å². The summed E-state index contributed by atoms with van der Waals surface area (Å²) in [5.74, 6) is -0.194. The van der Waals surface area contributed by atoms with Crippen LogP contribution in [0.3, 0.4) is 0 Å². The van der Waals surface area contributed by atoms with E-state index in [1.54, 1.807) is 23.1 Å². The number of halogens is 2. The zero-order valence-corrected chi connectivity index (χ0v) is 13.6. The molecule has 120 valence electrons. The summed E-state index contributed by atoms with van der Waals surface area (Å²) in [5, 5.41) is 0.745. The molecule has 1 heterocycles. The molecule has 1 aromatic carbocycles. The first-order chi connectivity index (χ1) is 10.5. The minimum absolute atomic E-state index is 0.0518. The lowest BCUT2D eigenvalue weighted by atomic mass is 9.97. The Morgan fingerprint density at radius 1 is 1.36 bits per heavy atom. The van der Waals surface area contributed by atoms with Gasteiger partial charge in [-0.1, -0.05) is 29.3 Å². The number of nitrogens with two attached hydrogens (primary N) is 1. The maximum atomic E-state index is 12.1. The predicted octanol–water partition coefficient (Wildman–Crippen LogP) is 2.49. The maximum absolute atomic E-state index is 12.1. The zero-order valence-electron chi connectivity index (χ0n) is 12.1. The van der Waals surface area contributed by atoms with E-state index in [0.717, 1.165) is 12.8 Å². The molecule has 22 heavy (non-hydrogen) atoms. The number of nitrogens with zero attached hydrogens (tertiary/aromatic N) is 1. The van der Waals surface area contributed by atoms with E-state index in [9.17, 15) is 9.59 Å². The largest absolute Gasteiger partial charge is 0.491 e. The fourth-order valence-corrected chi connectivity index (χ4v) is 2.78. The lowest BCUT2D eigenvalue weighted by Crippen LogP contribution is -2.44. The molecule has 0 spiro atoms. The van der Waals surface area contributed by atoms with Crippen LogP contribution in [0.1, 0.15) is 19.3 Å². The Morgan fingerprint density at radius 2 is 2.14 bits per heavy atom. The third-order valence-corrected chi connectivity index (χ3v) is 4.47. The van der Waals surface area contributed by atoms with E-state index >= 15 is 0 Å². The smallest absolute Gasteiger partial charge is 0.226 e. The van der Waals surface area contributed by atoms with E-state index in [1.165, 1.54) is 0 Å². The molecule has 0 aromatic heterocycles. The first kappa shape index (κ1) is 16.9. The van der Waals surface area contributed by atoms with Crippen LogP contribution in [-0.2, 0) is 9.59 Å². The molecule has 0 aliphatic carbocycles. The molecule has 2 N–H and O–H groups in total. The summed E-state index contributed by atoms with van der Waals surface area (Å²) in [6.07, 6.45) is 1.75. The van der Waals surface area contributed by atoms with Crippen molar-refractivity contribution in [2.45, 2.75) is 19.3 Å². The summed E-state index contributed by atoms with van der Waals surface area (Å²) in [6.45, 7) is 1.25. The number of piperidine rings is 1. The second-order valence-electron chi connectivity index (χ2n) is 5.23. The van der Waals surface area contributed by atoms with Crippen molar-refractivity contribution in [2.24, 2.45) is 11.7 Å². The van der Waals surface area contributed by atoms with Gasteiger partial charge in [0.05, 0.1) is 24.0 Å². The average molecular weight is 345 g/mol. The van der Waals surface area contributed by atoms with Crippen LogP contribution in [0, 0.1) is 5.92 Å². The van der Waals surface area contributed by atoms with Crippen molar-refractivity contribution in [3.05, 3.63) is 28.2 Å². The van der Waals surface area contributed by atoms with E-state index in [-0.39, 0.29) is 30.8 Å². The highest BCUT2D eigenvalue weighted by atomic mass is 35.5. The lowest BCUT2D eigenvalue weighted by molar-refractivity contribution is -0.135. The summed E-state index contributed by atoms with van der Waals surface area (Å²) >= 11 is 11.9. The maximum Gasteiger partial charge on any atom is 0.226 e. The molecule has 1 aliphatic rings. The van der Waals surface area contributed by atoms with Gasteiger partial charge in [-0.2, -0.15) is 0 Å². The highest BCUT2D eigenvalue weighted by molar-refractivity contribution is 6.42. The Morgan fingerprint density at radius 3 is 2.86 bits per heavy atom. The highest BCUT2D eigenvalue weighted by Gasteiger charge is 2.26. The number of likely N-dealkylation sites (tertiary alicyclic amines) is 1. The average Bonchev–Trinajstić information content (AvgIpc) is 2.51.